The van der Waals surface area contributed by atoms with E-state index in [2.05, 4.69) is 6.58 Å². The van der Waals surface area contributed by atoms with Gasteiger partial charge in [0.05, 0.1) is 19.4 Å². The van der Waals surface area contributed by atoms with E-state index in [9.17, 15) is 4.57 Å². The standard InChI is InChI=1S/C12H25O3P/c1-4-7-8-9-10-11-12-16(13,14-5-2)15-6-3/h4H,1,5-12H2,2-3H3. The smallest absolute Gasteiger partial charge is 0.309 e. The van der Waals surface area contributed by atoms with Crippen LogP contribution in [0.15, 0.2) is 12.7 Å². The lowest BCUT2D eigenvalue weighted by atomic mass is 10.2. The van der Waals surface area contributed by atoms with Gasteiger partial charge in [-0.2, -0.15) is 0 Å². The molecule has 0 rings (SSSR count). The molecule has 4 heteroatoms. The highest BCUT2D eigenvalue weighted by atomic mass is 31.2. The molecule has 0 aromatic carbocycles. The Labute approximate surface area is 99.8 Å². The van der Waals surface area contributed by atoms with E-state index in [1.165, 1.54) is 0 Å². The topological polar surface area (TPSA) is 35.5 Å². The van der Waals surface area contributed by atoms with Gasteiger partial charge in [-0.05, 0) is 33.1 Å². The summed E-state index contributed by atoms with van der Waals surface area (Å²) >= 11 is 0. The molecule has 0 bridgehead atoms. The molecule has 0 aliphatic heterocycles. The van der Waals surface area contributed by atoms with Crippen LogP contribution in [-0.2, 0) is 13.6 Å². The van der Waals surface area contributed by atoms with Crippen LogP contribution >= 0.6 is 7.60 Å². The molecule has 0 aromatic heterocycles. The van der Waals surface area contributed by atoms with E-state index >= 15 is 0 Å². The molecule has 0 radical (unpaired) electrons. The van der Waals surface area contributed by atoms with Gasteiger partial charge < -0.3 is 9.05 Å². The van der Waals surface area contributed by atoms with Crippen LogP contribution in [0.1, 0.15) is 46.0 Å². The molecule has 0 fully saturated rings. The third-order valence-electron chi connectivity index (χ3n) is 2.24. The van der Waals surface area contributed by atoms with E-state index in [1.807, 2.05) is 19.9 Å². The SMILES string of the molecule is C=CCCCCCCP(=O)(OCC)OCC. The summed E-state index contributed by atoms with van der Waals surface area (Å²) in [6, 6.07) is 0. The first kappa shape index (κ1) is 15.9. The van der Waals surface area contributed by atoms with Crippen LogP contribution in [0, 0.1) is 0 Å². The van der Waals surface area contributed by atoms with Gasteiger partial charge in [-0.3, -0.25) is 4.57 Å². The highest BCUT2D eigenvalue weighted by Crippen LogP contribution is 2.48. The van der Waals surface area contributed by atoms with Gasteiger partial charge >= 0.3 is 7.60 Å². The Hall–Kier alpha value is -0.110. The van der Waals surface area contributed by atoms with Crippen molar-refractivity contribution in [3.8, 4) is 0 Å². The van der Waals surface area contributed by atoms with Crippen molar-refractivity contribution in [2.24, 2.45) is 0 Å². The summed E-state index contributed by atoms with van der Waals surface area (Å²) < 4.78 is 22.5. The van der Waals surface area contributed by atoms with Gasteiger partial charge in [-0.15, -0.1) is 6.58 Å². The van der Waals surface area contributed by atoms with E-state index in [-0.39, 0.29) is 0 Å². The average Bonchev–Trinajstić information content (AvgIpc) is 2.24. The van der Waals surface area contributed by atoms with Crippen LogP contribution in [0.3, 0.4) is 0 Å². The van der Waals surface area contributed by atoms with Crippen LogP contribution in [0.4, 0.5) is 0 Å². The number of hydrogen-bond donors (Lipinski definition) is 0. The van der Waals surface area contributed by atoms with Crippen LogP contribution in [0.25, 0.3) is 0 Å². The predicted octanol–water partition coefficient (Wildman–Crippen LogP) is 4.39. The minimum Gasteiger partial charge on any atom is -0.309 e. The first-order chi connectivity index (χ1) is 7.68. The third kappa shape index (κ3) is 8.09. The van der Waals surface area contributed by atoms with E-state index in [0.29, 0.717) is 19.4 Å². The Morgan fingerprint density at radius 3 is 2.12 bits per heavy atom. The molecule has 96 valence electrons. The third-order valence-corrected chi connectivity index (χ3v) is 4.41. The molecule has 0 N–H and O–H groups in total. The first-order valence-electron chi connectivity index (χ1n) is 6.17. The molecule has 16 heavy (non-hydrogen) atoms. The van der Waals surface area contributed by atoms with Crippen molar-refractivity contribution in [1.82, 2.24) is 0 Å². The van der Waals surface area contributed by atoms with E-state index in [0.717, 1.165) is 32.1 Å². The Bertz CT molecular complexity index is 206. The zero-order chi connectivity index (χ0) is 12.3. The Kier molecular flexibility index (Phi) is 10.0. The molecule has 3 nitrogen and oxygen atoms in total. The van der Waals surface area contributed by atoms with E-state index in [4.69, 9.17) is 9.05 Å². The first-order valence-corrected chi connectivity index (χ1v) is 7.90. The summed E-state index contributed by atoms with van der Waals surface area (Å²) in [4.78, 5) is 0. The fraction of sp³-hybridized carbons (Fsp3) is 0.833. The molecule has 0 atom stereocenters. The van der Waals surface area contributed by atoms with E-state index in [1.54, 1.807) is 0 Å². The maximum atomic E-state index is 12.0. The molecule has 0 unspecified atom stereocenters. The predicted molar refractivity (Wildman–Crippen MR) is 69.0 cm³/mol. The molecule has 0 aromatic rings. The fourth-order valence-corrected chi connectivity index (χ4v) is 3.24. The van der Waals surface area contributed by atoms with Gasteiger partial charge in [0, 0.05) is 0 Å². The lowest BCUT2D eigenvalue weighted by Gasteiger charge is -2.16. The summed E-state index contributed by atoms with van der Waals surface area (Å²) in [7, 11) is -2.80. The van der Waals surface area contributed by atoms with Crippen LogP contribution in [-0.4, -0.2) is 19.4 Å². The van der Waals surface area contributed by atoms with Gasteiger partial charge in [-0.1, -0.05) is 18.9 Å². The van der Waals surface area contributed by atoms with Gasteiger partial charge in [0.2, 0.25) is 0 Å². The van der Waals surface area contributed by atoms with Crippen LogP contribution < -0.4 is 0 Å². The zero-order valence-corrected chi connectivity index (χ0v) is 11.5. The molecule has 0 saturated heterocycles. The minimum absolute atomic E-state index is 0.452. The summed E-state index contributed by atoms with van der Waals surface area (Å²) in [5.74, 6) is 0. The number of unbranched alkanes of at least 4 members (excludes halogenated alkanes) is 4. The number of rotatable bonds is 11. The van der Waals surface area contributed by atoms with Crippen molar-refractivity contribution >= 4 is 7.60 Å². The summed E-state index contributed by atoms with van der Waals surface area (Å²) in [5.41, 5.74) is 0. The second kappa shape index (κ2) is 10.1. The molecule has 0 heterocycles. The van der Waals surface area contributed by atoms with Gasteiger partial charge in [0.15, 0.2) is 0 Å². The molecule has 0 aliphatic carbocycles. The Morgan fingerprint density at radius 1 is 1.06 bits per heavy atom. The molecule has 0 saturated carbocycles. The second-order valence-electron chi connectivity index (χ2n) is 3.66. The molecule has 0 aliphatic rings. The van der Waals surface area contributed by atoms with Gasteiger partial charge in [-0.25, -0.2) is 0 Å². The summed E-state index contributed by atoms with van der Waals surface area (Å²) in [5, 5.41) is 0. The summed E-state index contributed by atoms with van der Waals surface area (Å²) in [6.07, 6.45) is 7.86. The fourth-order valence-electron chi connectivity index (χ4n) is 1.51. The monoisotopic (exact) mass is 248 g/mol. The van der Waals surface area contributed by atoms with Gasteiger partial charge in [0.1, 0.15) is 0 Å². The maximum Gasteiger partial charge on any atom is 0.330 e. The lowest BCUT2D eigenvalue weighted by Crippen LogP contribution is -2.00. The maximum absolute atomic E-state index is 12.0. The Morgan fingerprint density at radius 2 is 1.62 bits per heavy atom. The molecular formula is C12H25O3P. The van der Waals surface area contributed by atoms with Crippen LogP contribution in [0.2, 0.25) is 0 Å². The van der Waals surface area contributed by atoms with Crippen LogP contribution in [0.5, 0.6) is 0 Å². The highest BCUT2D eigenvalue weighted by molar-refractivity contribution is 7.53. The molecule has 0 spiro atoms. The molecule has 0 amide bonds. The Balaban J connectivity index is 3.67. The largest absolute Gasteiger partial charge is 0.330 e. The normalized spacial score (nSPS) is 11.6. The molecular weight excluding hydrogens is 223 g/mol. The van der Waals surface area contributed by atoms with Crippen molar-refractivity contribution in [2.45, 2.75) is 46.0 Å². The van der Waals surface area contributed by atoms with Crippen molar-refractivity contribution < 1.29 is 13.6 Å². The van der Waals surface area contributed by atoms with Crippen molar-refractivity contribution in [2.75, 3.05) is 19.4 Å². The van der Waals surface area contributed by atoms with Gasteiger partial charge in [0.25, 0.3) is 0 Å². The second-order valence-corrected chi connectivity index (χ2v) is 5.85. The number of hydrogen-bond acceptors (Lipinski definition) is 3. The average molecular weight is 248 g/mol. The lowest BCUT2D eigenvalue weighted by molar-refractivity contribution is 0.219. The number of allylic oxidation sites excluding steroid dienone is 1. The summed E-state index contributed by atoms with van der Waals surface area (Å²) in [6.45, 7) is 8.27. The minimum atomic E-state index is -2.80. The van der Waals surface area contributed by atoms with Crippen molar-refractivity contribution in [3.05, 3.63) is 12.7 Å². The van der Waals surface area contributed by atoms with Crippen molar-refractivity contribution in [3.63, 3.8) is 0 Å². The van der Waals surface area contributed by atoms with Crippen molar-refractivity contribution in [1.29, 1.82) is 0 Å². The zero-order valence-electron chi connectivity index (χ0n) is 10.6. The van der Waals surface area contributed by atoms with E-state index < -0.39 is 7.60 Å². The quantitative estimate of drug-likeness (QED) is 0.309. The highest BCUT2D eigenvalue weighted by Gasteiger charge is 2.22.